The molecule has 0 aliphatic carbocycles. The van der Waals surface area contributed by atoms with Gasteiger partial charge in [-0.15, -0.1) is 11.3 Å². The van der Waals surface area contributed by atoms with Gasteiger partial charge in [0.05, 0.1) is 18.7 Å². The predicted molar refractivity (Wildman–Crippen MR) is 70.4 cm³/mol. The smallest absolute Gasteiger partial charge is 0.0794 e. The molecule has 2 atom stereocenters. The molecule has 17 heavy (non-hydrogen) atoms. The molecule has 5 heteroatoms. The van der Waals surface area contributed by atoms with E-state index >= 15 is 0 Å². The molecule has 2 heterocycles. The van der Waals surface area contributed by atoms with Gasteiger partial charge in [-0.1, -0.05) is 0 Å². The normalized spacial score (nSPS) is 21.3. The molecule has 0 spiro atoms. The lowest BCUT2D eigenvalue weighted by Gasteiger charge is -2.30. The number of rotatable bonds is 5. The molecule has 1 aliphatic heterocycles. The third-order valence-corrected chi connectivity index (χ3v) is 4.01. The minimum Gasteiger partial charge on any atom is -0.379 e. The minimum absolute atomic E-state index is 0.388. The van der Waals surface area contributed by atoms with Crippen molar-refractivity contribution in [3.05, 3.63) is 16.6 Å². The summed E-state index contributed by atoms with van der Waals surface area (Å²) in [5, 5.41) is 3.62. The average molecular weight is 255 g/mol. The zero-order valence-corrected chi connectivity index (χ0v) is 11.4. The fourth-order valence-corrected chi connectivity index (χ4v) is 2.81. The number of morpholine rings is 1. The maximum atomic E-state index is 5.35. The minimum atomic E-state index is 0.388. The molecule has 4 nitrogen and oxygen atoms in total. The van der Waals surface area contributed by atoms with Gasteiger partial charge in [0.1, 0.15) is 0 Å². The van der Waals surface area contributed by atoms with Crippen LogP contribution >= 0.6 is 11.3 Å². The average Bonchev–Trinajstić information content (AvgIpc) is 2.83. The highest BCUT2D eigenvalue weighted by atomic mass is 32.1. The molecular weight excluding hydrogens is 234 g/mol. The largest absolute Gasteiger partial charge is 0.379 e. The summed E-state index contributed by atoms with van der Waals surface area (Å²) in [6, 6.07) is 0.878. The zero-order valence-electron chi connectivity index (χ0n) is 10.6. The summed E-state index contributed by atoms with van der Waals surface area (Å²) in [6.45, 7) is 9.39. The second-order valence-corrected chi connectivity index (χ2v) is 5.52. The van der Waals surface area contributed by atoms with E-state index in [0.717, 1.165) is 32.8 Å². The molecule has 1 fully saturated rings. The standard InChI is InChI=1S/C12H21N3OS/c1-10(8-15-3-5-16-6-4-15)14-11(2)12-7-13-9-17-12/h7,9-11,14H,3-6,8H2,1-2H3. The molecule has 2 unspecified atom stereocenters. The van der Waals surface area contributed by atoms with Crippen molar-refractivity contribution in [2.45, 2.75) is 25.9 Å². The molecule has 0 radical (unpaired) electrons. The lowest BCUT2D eigenvalue weighted by atomic mass is 10.2. The third kappa shape index (κ3) is 4.03. The first kappa shape index (κ1) is 13.0. The van der Waals surface area contributed by atoms with Crippen LogP contribution in [0.3, 0.4) is 0 Å². The fraction of sp³-hybridized carbons (Fsp3) is 0.750. The van der Waals surface area contributed by atoms with Gasteiger partial charge in [-0.25, -0.2) is 0 Å². The van der Waals surface area contributed by atoms with Crippen LogP contribution in [0, 0.1) is 0 Å². The summed E-state index contributed by atoms with van der Waals surface area (Å²) >= 11 is 1.71. The van der Waals surface area contributed by atoms with Gasteiger partial charge in [0.25, 0.3) is 0 Å². The van der Waals surface area contributed by atoms with Crippen molar-refractivity contribution >= 4 is 11.3 Å². The highest BCUT2D eigenvalue weighted by Gasteiger charge is 2.16. The maximum Gasteiger partial charge on any atom is 0.0794 e. The molecule has 0 aromatic carbocycles. The summed E-state index contributed by atoms with van der Waals surface area (Å²) in [4.78, 5) is 7.88. The number of nitrogens with zero attached hydrogens (tertiary/aromatic N) is 2. The number of hydrogen-bond acceptors (Lipinski definition) is 5. The molecule has 0 bridgehead atoms. The first-order chi connectivity index (χ1) is 8.25. The number of ether oxygens (including phenoxy) is 1. The first-order valence-corrected chi connectivity index (χ1v) is 7.08. The van der Waals surface area contributed by atoms with Gasteiger partial charge in [-0.05, 0) is 13.8 Å². The lowest BCUT2D eigenvalue weighted by molar-refractivity contribution is 0.0339. The highest BCUT2D eigenvalue weighted by Crippen LogP contribution is 2.16. The summed E-state index contributed by atoms with van der Waals surface area (Å²) in [7, 11) is 0. The van der Waals surface area contributed by atoms with E-state index in [9.17, 15) is 0 Å². The Labute approximate surface area is 107 Å². The van der Waals surface area contributed by atoms with E-state index in [1.165, 1.54) is 4.88 Å². The van der Waals surface area contributed by atoms with Gasteiger partial charge in [-0.3, -0.25) is 9.88 Å². The van der Waals surface area contributed by atoms with Crippen LogP contribution in [0.4, 0.5) is 0 Å². The van der Waals surface area contributed by atoms with E-state index in [-0.39, 0.29) is 0 Å². The van der Waals surface area contributed by atoms with Gasteiger partial charge in [0.2, 0.25) is 0 Å². The molecule has 1 aromatic heterocycles. The van der Waals surface area contributed by atoms with Crippen molar-refractivity contribution in [3.8, 4) is 0 Å². The molecule has 96 valence electrons. The maximum absolute atomic E-state index is 5.35. The molecule has 1 saturated heterocycles. The third-order valence-electron chi connectivity index (χ3n) is 3.05. The van der Waals surface area contributed by atoms with Gasteiger partial charge < -0.3 is 10.1 Å². The number of hydrogen-bond donors (Lipinski definition) is 1. The highest BCUT2D eigenvalue weighted by molar-refractivity contribution is 7.09. The topological polar surface area (TPSA) is 37.4 Å². The van der Waals surface area contributed by atoms with Crippen LogP contribution < -0.4 is 5.32 Å². The predicted octanol–water partition coefficient (Wildman–Crippen LogP) is 1.51. The number of nitrogens with one attached hydrogen (secondary N) is 1. The van der Waals surface area contributed by atoms with Crippen molar-refractivity contribution in [3.63, 3.8) is 0 Å². The second-order valence-electron chi connectivity index (χ2n) is 4.61. The Bertz CT molecular complexity index is 312. The van der Waals surface area contributed by atoms with Crippen molar-refractivity contribution in [1.82, 2.24) is 15.2 Å². The van der Waals surface area contributed by atoms with Gasteiger partial charge in [0, 0.05) is 42.8 Å². The van der Waals surface area contributed by atoms with Crippen molar-refractivity contribution in [2.75, 3.05) is 32.8 Å². The Kier molecular flexibility index (Phi) is 4.91. The molecule has 0 amide bonds. The van der Waals surface area contributed by atoms with E-state index in [0.29, 0.717) is 12.1 Å². The molecule has 0 saturated carbocycles. The van der Waals surface area contributed by atoms with Gasteiger partial charge >= 0.3 is 0 Å². The molecule has 1 aromatic rings. The fourth-order valence-electron chi connectivity index (χ4n) is 2.17. The molecule has 1 N–H and O–H groups in total. The van der Waals surface area contributed by atoms with Crippen molar-refractivity contribution in [1.29, 1.82) is 0 Å². The number of thiazole rings is 1. The SMILES string of the molecule is CC(CN1CCOCC1)NC(C)c1cncs1. The van der Waals surface area contributed by atoms with E-state index in [1.54, 1.807) is 11.3 Å². The summed E-state index contributed by atoms with van der Waals surface area (Å²) in [5.74, 6) is 0. The lowest BCUT2D eigenvalue weighted by Crippen LogP contribution is -2.44. The van der Waals surface area contributed by atoms with E-state index in [1.807, 2.05) is 11.7 Å². The van der Waals surface area contributed by atoms with E-state index in [4.69, 9.17) is 4.74 Å². The monoisotopic (exact) mass is 255 g/mol. The number of aromatic nitrogens is 1. The molecule has 1 aliphatic rings. The van der Waals surface area contributed by atoms with Crippen molar-refractivity contribution < 1.29 is 4.74 Å². The summed E-state index contributed by atoms with van der Waals surface area (Å²) < 4.78 is 5.35. The van der Waals surface area contributed by atoms with E-state index < -0.39 is 0 Å². The van der Waals surface area contributed by atoms with Crippen LogP contribution in [0.15, 0.2) is 11.7 Å². The molecule has 2 rings (SSSR count). The van der Waals surface area contributed by atoms with Crippen LogP contribution in [-0.2, 0) is 4.74 Å². The first-order valence-electron chi connectivity index (χ1n) is 6.20. The van der Waals surface area contributed by atoms with Gasteiger partial charge in [0.15, 0.2) is 0 Å². The Morgan fingerprint density at radius 2 is 2.24 bits per heavy atom. The van der Waals surface area contributed by atoms with Crippen LogP contribution in [-0.4, -0.2) is 48.8 Å². The van der Waals surface area contributed by atoms with Crippen LogP contribution in [0.5, 0.6) is 0 Å². The Balaban J connectivity index is 1.74. The van der Waals surface area contributed by atoms with Gasteiger partial charge in [-0.2, -0.15) is 0 Å². The Hall–Kier alpha value is -0.490. The zero-order chi connectivity index (χ0) is 12.1. The Morgan fingerprint density at radius 1 is 1.47 bits per heavy atom. The summed E-state index contributed by atoms with van der Waals surface area (Å²) in [6.07, 6.45) is 1.95. The van der Waals surface area contributed by atoms with Crippen LogP contribution in [0.1, 0.15) is 24.8 Å². The Morgan fingerprint density at radius 3 is 2.88 bits per heavy atom. The van der Waals surface area contributed by atoms with E-state index in [2.05, 4.69) is 29.0 Å². The van der Waals surface area contributed by atoms with Crippen LogP contribution in [0.2, 0.25) is 0 Å². The second kappa shape index (κ2) is 6.44. The van der Waals surface area contributed by atoms with Crippen LogP contribution in [0.25, 0.3) is 0 Å². The van der Waals surface area contributed by atoms with Crippen molar-refractivity contribution in [2.24, 2.45) is 0 Å². The summed E-state index contributed by atoms with van der Waals surface area (Å²) in [5.41, 5.74) is 1.89. The molecular formula is C12H21N3OS. The quantitative estimate of drug-likeness (QED) is 0.865.